The predicted molar refractivity (Wildman–Crippen MR) is 135 cm³/mol. The van der Waals surface area contributed by atoms with Crippen molar-refractivity contribution in [1.29, 1.82) is 0 Å². The Morgan fingerprint density at radius 2 is 1.89 bits per heavy atom. The number of carbonyl (C=O) groups excluding carboxylic acids is 1. The molecule has 2 aliphatic rings. The van der Waals surface area contributed by atoms with Crippen LogP contribution in [0.4, 0.5) is 18.9 Å². The van der Waals surface area contributed by atoms with E-state index in [1.807, 2.05) is 41.4 Å². The fourth-order valence-corrected chi connectivity index (χ4v) is 5.07. The van der Waals surface area contributed by atoms with Crippen LogP contribution >= 0.6 is 0 Å². The minimum Gasteiger partial charge on any atom is -0.497 e. The first-order valence-electron chi connectivity index (χ1n) is 12.1. The number of fused-ring (bicyclic) bond motifs is 4. The highest BCUT2D eigenvalue weighted by Crippen LogP contribution is 2.47. The Hall–Kier alpha value is -4.02. The van der Waals surface area contributed by atoms with E-state index in [0.717, 1.165) is 24.5 Å². The highest BCUT2D eigenvalue weighted by molar-refractivity contribution is 5.95. The minimum absolute atomic E-state index is 0.0513. The van der Waals surface area contributed by atoms with Gasteiger partial charge in [-0.1, -0.05) is 19.9 Å². The summed E-state index contributed by atoms with van der Waals surface area (Å²) < 4.78 is 39.3. The predicted octanol–water partition coefficient (Wildman–Crippen LogP) is 4.73. The third kappa shape index (κ3) is 5.05. The number of hydrogen-bond donors (Lipinski definition) is 1. The number of methoxy groups -OCH3 is 1. The Balaban J connectivity index is 0.000000426. The van der Waals surface area contributed by atoms with Crippen LogP contribution in [0.5, 0.6) is 5.75 Å². The molecule has 1 atom stereocenters. The molecule has 38 heavy (non-hydrogen) atoms. The largest absolute Gasteiger partial charge is 0.497 e. The molecule has 1 aromatic carbocycles. The molecule has 1 N–H and O–H groups in total. The smallest absolute Gasteiger partial charge is 0.490 e. The molecule has 202 valence electrons. The number of halogens is 3. The molecule has 1 saturated heterocycles. The number of rotatable bonds is 4. The lowest BCUT2D eigenvalue weighted by atomic mass is 9.88. The maximum atomic E-state index is 13.4. The molecule has 1 amide bonds. The molecule has 0 bridgehead atoms. The van der Waals surface area contributed by atoms with Gasteiger partial charge in [-0.2, -0.15) is 13.2 Å². The Labute approximate surface area is 218 Å². The lowest BCUT2D eigenvalue weighted by Gasteiger charge is -2.47. The molecule has 3 aromatic rings. The molecule has 2 aromatic heterocycles. The van der Waals surface area contributed by atoms with Gasteiger partial charge in [-0.05, 0) is 54.8 Å². The number of carboxylic acids is 1. The Kier molecular flexibility index (Phi) is 7.39. The van der Waals surface area contributed by atoms with Gasteiger partial charge >= 0.3 is 12.1 Å². The van der Waals surface area contributed by atoms with Crippen LogP contribution < -0.4 is 9.64 Å². The number of ether oxygens (including phenoxy) is 1. The van der Waals surface area contributed by atoms with Crippen molar-refractivity contribution in [3.05, 3.63) is 72.2 Å². The number of aromatic nitrogens is 2. The number of hydrogen-bond acceptors (Lipinski definition) is 5. The van der Waals surface area contributed by atoms with E-state index in [-0.39, 0.29) is 11.4 Å². The topological polar surface area (TPSA) is 87.9 Å². The van der Waals surface area contributed by atoms with E-state index in [0.29, 0.717) is 30.3 Å². The van der Waals surface area contributed by atoms with Gasteiger partial charge in [0.2, 0.25) is 0 Å². The van der Waals surface area contributed by atoms with Crippen molar-refractivity contribution in [2.75, 3.05) is 31.6 Å². The van der Waals surface area contributed by atoms with Crippen LogP contribution in [-0.2, 0) is 10.3 Å². The van der Waals surface area contributed by atoms with Crippen LogP contribution in [0.25, 0.3) is 5.82 Å². The Morgan fingerprint density at radius 1 is 1.16 bits per heavy atom. The molecule has 5 rings (SSSR count). The zero-order valence-corrected chi connectivity index (χ0v) is 21.3. The van der Waals surface area contributed by atoms with Gasteiger partial charge in [0.15, 0.2) is 5.82 Å². The van der Waals surface area contributed by atoms with E-state index in [2.05, 4.69) is 47.7 Å². The summed E-state index contributed by atoms with van der Waals surface area (Å²) >= 11 is 0. The molecule has 8 nitrogen and oxygen atoms in total. The van der Waals surface area contributed by atoms with Gasteiger partial charge < -0.3 is 24.2 Å². The van der Waals surface area contributed by atoms with Gasteiger partial charge in [0.1, 0.15) is 11.3 Å². The normalized spacial score (nSPS) is 18.1. The van der Waals surface area contributed by atoms with Gasteiger partial charge in [-0.3, -0.25) is 4.79 Å². The second kappa shape index (κ2) is 10.4. The number of alkyl halides is 3. The van der Waals surface area contributed by atoms with Gasteiger partial charge in [0, 0.05) is 37.6 Å². The van der Waals surface area contributed by atoms with E-state index in [9.17, 15) is 18.0 Å². The lowest BCUT2D eigenvalue weighted by Crippen LogP contribution is -2.54. The second-order valence-electron chi connectivity index (χ2n) is 9.66. The Morgan fingerprint density at radius 3 is 2.55 bits per heavy atom. The summed E-state index contributed by atoms with van der Waals surface area (Å²) in [7, 11) is 1.62. The van der Waals surface area contributed by atoms with Gasteiger partial charge in [0.25, 0.3) is 5.91 Å². The molecule has 1 unspecified atom stereocenters. The quantitative estimate of drug-likeness (QED) is 0.525. The SMILES string of the molecule is COc1cccc(C(=O)N2CCC3(C2)c2cccn2-c2ncccc2N3CC(C)C)c1.O=C(O)C(F)(F)F. The van der Waals surface area contributed by atoms with Crippen molar-refractivity contribution in [3.63, 3.8) is 0 Å². The van der Waals surface area contributed by atoms with Crippen molar-refractivity contribution >= 4 is 17.6 Å². The summed E-state index contributed by atoms with van der Waals surface area (Å²) in [4.78, 5) is 31.5. The lowest BCUT2D eigenvalue weighted by molar-refractivity contribution is -0.192. The summed E-state index contributed by atoms with van der Waals surface area (Å²) in [6, 6.07) is 15.9. The second-order valence-corrected chi connectivity index (χ2v) is 9.66. The third-order valence-electron chi connectivity index (χ3n) is 6.67. The van der Waals surface area contributed by atoms with Crippen LogP contribution in [-0.4, -0.2) is 64.4 Å². The standard InChI is InChI=1S/C25H28N4O2.C2HF3O2/c1-18(2)16-29-21-9-5-12-26-23(21)28-13-6-10-22(28)25(29)11-14-27(17-25)24(30)19-7-4-8-20(15-19)31-3;3-2(4,5)1(6)7/h4-10,12-13,15,18H,11,14,16-17H2,1-3H3;(H,6,7). The van der Waals surface area contributed by atoms with Crippen molar-refractivity contribution in [2.45, 2.75) is 32.0 Å². The molecule has 0 saturated carbocycles. The number of carbonyl (C=O) groups is 2. The molecule has 11 heteroatoms. The number of amides is 1. The van der Waals surface area contributed by atoms with Crippen LogP contribution in [0.2, 0.25) is 0 Å². The number of anilines is 1. The van der Waals surface area contributed by atoms with Crippen LogP contribution in [0, 0.1) is 5.92 Å². The number of aliphatic carboxylic acids is 1. The number of nitrogens with zero attached hydrogens (tertiary/aromatic N) is 4. The zero-order valence-electron chi connectivity index (χ0n) is 21.3. The molecule has 2 aliphatic heterocycles. The molecular weight excluding hydrogens is 501 g/mol. The van der Waals surface area contributed by atoms with E-state index < -0.39 is 12.1 Å². The van der Waals surface area contributed by atoms with E-state index in [4.69, 9.17) is 19.6 Å². The van der Waals surface area contributed by atoms with Crippen molar-refractivity contribution < 1.29 is 32.6 Å². The average molecular weight is 531 g/mol. The molecule has 0 aliphatic carbocycles. The summed E-state index contributed by atoms with van der Waals surface area (Å²) in [5.41, 5.74) is 2.74. The molecular formula is C27H29F3N4O4. The molecule has 0 radical (unpaired) electrons. The van der Waals surface area contributed by atoms with Gasteiger partial charge in [0.05, 0.1) is 18.5 Å². The molecule has 4 heterocycles. The van der Waals surface area contributed by atoms with E-state index >= 15 is 0 Å². The first-order chi connectivity index (χ1) is 18.0. The maximum Gasteiger partial charge on any atom is 0.490 e. The van der Waals surface area contributed by atoms with Gasteiger partial charge in [-0.25, -0.2) is 9.78 Å². The monoisotopic (exact) mass is 530 g/mol. The van der Waals surface area contributed by atoms with E-state index in [1.54, 1.807) is 7.11 Å². The highest BCUT2D eigenvalue weighted by atomic mass is 19.4. The van der Waals surface area contributed by atoms with Crippen LogP contribution in [0.1, 0.15) is 36.3 Å². The van der Waals surface area contributed by atoms with Crippen molar-refractivity contribution in [2.24, 2.45) is 5.92 Å². The summed E-state index contributed by atoms with van der Waals surface area (Å²) in [5, 5.41) is 7.12. The fraction of sp³-hybridized carbons (Fsp3) is 0.370. The average Bonchev–Trinajstić information content (AvgIpc) is 3.55. The van der Waals surface area contributed by atoms with Crippen LogP contribution in [0.3, 0.4) is 0 Å². The van der Waals surface area contributed by atoms with Gasteiger partial charge in [-0.15, -0.1) is 0 Å². The molecule has 1 spiro atoms. The Bertz CT molecular complexity index is 1320. The summed E-state index contributed by atoms with van der Waals surface area (Å²) in [5.74, 6) is -0.559. The zero-order chi connectivity index (χ0) is 27.7. The first kappa shape index (κ1) is 27.0. The first-order valence-corrected chi connectivity index (χ1v) is 12.1. The number of benzene rings is 1. The molecule has 1 fully saturated rings. The minimum atomic E-state index is -5.08. The van der Waals surface area contributed by atoms with Crippen molar-refractivity contribution in [3.8, 4) is 11.6 Å². The van der Waals surface area contributed by atoms with Crippen LogP contribution in [0.15, 0.2) is 60.9 Å². The number of carboxylic acid groups (broad SMARTS) is 1. The number of likely N-dealkylation sites (tertiary alicyclic amines) is 1. The maximum absolute atomic E-state index is 13.4. The number of pyridine rings is 1. The highest BCUT2D eigenvalue weighted by Gasteiger charge is 2.51. The van der Waals surface area contributed by atoms with Crippen molar-refractivity contribution in [1.82, 2.24) is 14.5 Å². The third-order valence-corrected chi connectivity index (χ3v) is 6.67. The fourth-order valence-electron chi connectivity index (χ4n) is 5.07. The summed E-state index contributed by atoms with van der Waals surface area (Å²) in [6.07, 6.45) is -0.266. The summed E-state index contributed by atoms with van der Waals surface area (Å²) in [6.45, 7) is 6.75. The van der Waals surface area contributed by atoms with E-state index in [1.165, 1.54) is 5.69 Å².